The van der Waals surface area contributed by atoms with E-state index in [9.17, 15) is 4.79 Å². The quantitative estimate of drug-likeness (QED) is 0.914. The molecule has 4 heterocycles. The van der Waals surface area contributed by atoms with Crippen molar-refractivity contribution in [3.8, 4) is 5.75 Å². The van der Waals surface area contributed by atoms with E-state index >= 15 is 0 Å². The summed E-state index contributed by atoms with van der Waals surface area (Å²) in [6, 6.07) is 5.43. The van der Waals surface area contributed by atoms with E-state index in [0.717, 1.165) is 12.2 Å². The zero-order chi connectivity index (χ0) is 15.7. The highest BCUT2D eigenvalue weighted by atomic mass is 16.5. The van der Waals surface area contributed by atoms with Crippen LogP contribution in [0.2, 0.25) is 0 Å². The number of amides is 1. The first kappa shape index (κ1) is 14.2. The van der Waals surface area contributed by atoms with Crippen molar-refractivity contribution in [3.63, 3.8) is 0 Å². The maximum Gasteiger partial charge on any atom is 0.272 e. The normalized spacial score (nSPS) is 22.1. The number of likely N-dealkylation sites (tertiary alicyclic amines) is 1. The van der Waals surface area contributed by atoms with Gasteiger partial charge in [0.2, 0.25) is 0 Å². The number of nitrogens with one attached hydrogen (secondary N) is 1. The molecule has 1 N–H and O–H groups in total. The van der Waals surface area contributed by atoms with Gasteiger partial charge in [0.15, 0.2) is 0 Å². The van der Waals surface area contributed by atoms with Gasteiger partial charge in [0.1, 0.15) is 17.0 Å². The molecule has 0 bridgehead atoms. The minimum absolute atomic E-state index is 0.0319. The predicted octanol–water partition coefficient (Wildman–Crippen LogP) is 1.11. The molecule has 1 amide bonds. The summed E-state index contributed by atoms with van der Waals surface area (Å²) in [5.41, 5.74) is 0.249. The molecule has 7 heteroatoms. The van der Waals surface area contributed by atoms with Crippen molar-refractivity contribution >= 4 is 5.91 Å². The highest BCUT2D eigenvalue weighted by molar-refractivity contribution is 5.93. The molecular formula is C16H18N4O3. The zero-order valence-corrected chi connectivity index (χ0v) is 12.6. The van der Waals surface area contributed by atoms with Gasteiger partial charge in [-0.25, -0.2) is 0 Å². The Bertz CT molecular complexity index is 668. The van der Waals surface area contributed by atoms with Crippen LogP contribution in [0.25, 0.3) is 0 Å². The Kier molecular flexibility index (Phi) is 3.49. The van der Waals surface area contributed by atoms with E-state index in [4.69, 9.17) is 9.47 Å². The fraction of sp³-hybridized carbons (Fsp3) is 0.438. The molecule has 1 atom stereocenters. The molecule has 0 saturated carbocycles. The van der Waals surface area contributed by atoms with Gasteiger partial charge in [0.25, 0.3) is 5.91 Å². The van der Waals surface area contributed by atoms with E-state index in [1.165, 1.54) is 0 Å². The number of nitrogens with zero attached hydrogens (tertiary/aromatic N) is 3. The van der Waals surface area contributed by atoms with E-state index in [2.05, 4.69) is 15.2 Å². The molecule has 0 aromatic carbocycles. The molecule has 2 saturated heterocycles. The van der Waals surface area contributed by atoms with E-state index in [1.54, 1.807) is 29.6 Å². The van der Waals surface area contributed by atoms with Gasteiger partial charge in [-0.2, -0.15) is 5.10 Å². The van der Waals surface area contributed by atoms with Gasteiger partial charge in [0.05, 0.1) is 25.9 Å². The monoisotopic (exact) mass is 314 g/mol. The molecule has 7 nitrogen and oxygen atoms in total. The Morgan fingerprint density at radius 2 is 2.35 bits per heavy atom. The number of hydrogen-bond donors (Lipinski definition) is 1. The summed E-state index contributed by atoms with van der Waals surface area (Å²) in [4.78, 5) is 18.1. The van der Waals surface area contributed by atoms with E-state index in [-0.39, 0.29) is 17.4 Å². The largest absolute Gasteiger partial charge is 0.492 e. The molecule has 0 unspecified atom stereocenters. The van der Waals surface area contributed by atoms with Crippen LogP contribution in [-0.4, -0.2) is 57.9 Å². The lowest BCUT2D eigenvalue weighted by Gasteiger charge is -2.49. The summed E-state index contributed by atoms with van der Waals surface area (Å²) in [5.74, 6) is 1.02. The molecule has 4 rings (SSSR count). The van der Waals surface area contributed by atoms with E-state index in [0.29, 0.717) is 32.0 Å². The van der Waals surface area contributed by atoms with Crippen molar-refractivity contribution < 1.29 is 14.3 Å². The minimum Gasteiger partial charge on any atom is -0.492 e. The first-order valence-corrected chi connectivity index (χ1v) is 7.72. The van der Waals surface area contributed by atoms with Crippen LogP contribution >= 0.6 is 0 Å². The van der Waals surface area contributed by atoms with Crippen molar-refractivity contribution in [1.29, 1.82) is 0 Å². The number of aromatic amines is 1. The van der Waals surface area contributed by atoms with Crippen LogP contribution in [-0.2, 0) is 4.74 Å². The lowest BCUT2D eigenvalue weighted by atomic mass is 9.81. The lowest BCUT2D eigenvalue weighted by molar-refractivity contribution is -0.122. The Hall–Kier alpha value is -2.41. The molecule has 2 aliphatic rings. The van der Waals surface area contributed by atoms with Crippen molar-refractivity contribution in [1.82, 2.24) is 20.1 Å². The van der Waals surface area contributed by atoms with Gasteiger partial charge >= 0.3 is 0 Å². The number of carbonyl (C=O) groups excluding carboxylic acids is 1. The van der Waals surface area contributed by atoms with Crippen molar-refractivity contribution in [2.75, 3.05) is 26.3 Å². The fourth-order valence-corrected chi connectivity index (χ4v) is 3.29. The van der Waals surface area contributed by atoms with Crippen molar-refractivity contribution in [2.45, 2.75) is 12.0 Å². The third-order valence-electron chi connectivity index (χ3n) is 4.62. The lowest BCUT2D eigenvalue weighted by Crippen LogP contribution is -2.66. The highest BCUT2D eigenvalue weighted by Gasteiger charge is 2.54. The number of carbonyl (C=O) groups is 1. The first-order valence-electron chi connectivity index (χ1n) is 7.72. The Morgan fingerprint density at radius 1 is 1.43 bits per heavy atom. The topological polar surface area (TPSA) is 80.3 Å². The number of ether oxygens (including phenoxy) is 2. The first-order chi connectivity index (χ1) is 11.3. The van der Waals surface area contributed by atoms with Crippen LogP contribution in [0.1, 0.15) is 16.9 Å². The summed E-state index contributed by atoms with van der Waals surface area (Å²) in [7, 11) is 0. The second-order valence-corrected chi connectivity index (χ2v) is 6.03. The van der Waals surface area contributed by atoms with Gasteiger partial charge in [-0.05, 0) is 24.6 Å². The van der Waals surface area contributed by atoms with Crippen LogP contribution in [0.15, 0.2) is 36.8 Å². The van der Waals surface area contributed by atoms with Crippen molar-refractivity contribution in [3.05, 3.63) is 42.5 Å². The summed E-state index contributed by atoms with van der Waals surface area (Å²) in [5, 5.41) is 6.53. The maximum absolute atomic E-state index is 12.3. The van der Waals surface area contributed by atoms with Crippen LogP contribution in [0.5, 0.6) is 5.75 Å². The van der Waals surface area contributed by atoms with Gasteiger partial charge in [0, 0.05) is 24.9 Å². The van der Waals surface area contributed by atoms with E-state index < -0.39 is 0 Å². The second-order valence-electron chi connectivity index (χ2n) is 6.03. The third kappa shape index (κ3) is 2.57. The van der Waals surface area contributed by atoms with Gasteiger partial charge in [-0.15, -0.1) is 0 Å². The number of pyridine rings is 1. The summed E-state index contributed by atoms with van der Waals surface area (Å²) in [6.07, 6.45) is 5.96. The molecule has 23 heavy (non-hydrogen) atoms. The molecule has 0 radical (unpaired) electrons. The Morgan fingerprint density at radius 3 is 3.09 bits per heavy atom. The third-order valence-corrected chi connectivity index (χ3v) is 4.62. The molecule has 2 aromatic rings. The molecule has 2 aliphatic heterocycles. The average molecular weight is 314 g/mol. The van der Waals surface area contributed by atoms with Crippen LogP contribution in [0.3, 0.4) is 0 Å². The Labute approximate surface area is 133 Å². The van der Waals surface area contributed by atoms with Gasteiger partial charge in [-0.1, -0.05) is 0 Å². The number of aromatic nitrogens is 3. The second kappa shape index (κ2) is 5.66. The summed E-state index contributed by atoms with van der Waals surface area (Å²) < 4.78 is 11.8. The standard InChI is InChI=1S/C16H18N4O3/c21-15(14-3-6-18-19-14)20-10-16(11-20)12(4-7-23-16)9-22-13-2-1-5-17-8-13/h1-3,5-6,8,12H,4,7,9-11H2,(H,18,19)/t12-/m1/s1. The molecule has 0 aliphatic carbocycles. The van der Waals surface area contributed by atoms with E-state index in [1.807, 2.05) is 12.1 Å². The SMILES string of the molecule is O=C(c1ccn[nH]1)N1CC2(C1)OCC[C@@H]2COc1cccnc1. The number of hydrogen-bond acceptors (Lipinski definition) is 5. The summed E-state index contributed by atoms with van der Waals surface area (Å²) in [6.45, 7) is 2.50. The molecule has 1 spiro atoms. The van der Waals surface area contributed by atoms with Crippen LogP contribution in [0.4, 0.5) is 0 Å². The summed E-state index contributed by atoms with van der Waals surface area (Å²) >= 11 is 0. The number of H-pyrrole nitrogens is 1. The molecule has 2 aromatic heterocycles. The highest BCUT2D eigenvalue weighted by Crippen LogP contribution is 2.40. The van der Waals surface area contributed by atoms with Gasteiger partial charge in [-0.3, -0.25) is 14.9 Å². The smallest absolute Gasteiger partial charge is 0.272 e. The predicted molar refractivity (Wildman–Crippen MR) is 81.0 cm³/mol. The molecular weight excluding hydrogens is 296 g/mol. The Balaban J connectivity index is 1.36. The molecule has 2 fully saturated rings. The zero-order valence-electron chi connectivity index (χ0n) is 12.6. The molecule has 120 valence electrons. The van der Waals surface area contributed by atoms with Crippen LogP contribution < -0.4 is 4.74 Å². The minimum atomic E-state index is -0.266. The number of rotatable bonds is 4. The van der Waals surface area contributed by atoms with Crippen molar-refractivity contribution in [2.24, 2.45) is 5.92 Å². The fourth-order valence-electron chi connectivity index (χ4n) is 3.29. The van der Waals surface area contributed by atoms with Gasteiger partial charge < -0.3 is 14.4 Å². The maximum atomic E-state index is 12.3. The average Bonchev–Trinajstić information content (AvgIpc) is 3.21. The van der Waals surface area contributed by atoms with Crippen LogP contribution in [0, 0.1) is 5.92 Å².